The number of carboxylic acids is 1. The van der Waals surface area contributed by atoms with Crippen LogP contribution in [-0.4, -0.2) is 18.2 Å². The molecule has 0 spiro atoms. The Labute approximate surface area is 114 Å². The fourth-order valence-electron chi connectivity index (χ4n) is 1.74. The van der Waals surface area contributed by atoms with Crippen molar-refractivity contribution >= 4 is 34.9 Å². The summed E-state index contributed by atoms with van der Waals surface area (Å²) in [6.07, 6.45) is 0.515. The van der Waals surface area contributed by atoms with Gasteiger partial charge in [0.1, 0.15) is 0 Å². The highest BCUT2D eigenvalue weighted by Crippen LogP contribution is 2.43. The minimum atomic E-state index is -0.833. The van der Waals surface area contributed by atoms with Crippen molar-refractivity contribution in [3.05, 3.63) is 39.4 Å². The number of rotatable bonds is 4. The number of hydroxylamine groups is 1. The highest BCUT2D eigenvalue weighted by molar-refractivity contribution is 6.42. The Morgan fingerprint density at radius 3 is 2.67 bits per heavy atom. The molecule has 1 fully saturated rings. The van der Waals surface area contributed by atoms with E-state index in [0.29, 0.717) is 22.2 Å². The van der Waals surface area contributed by atoms with Crippen molar-refractivity contribution < 1.29 is 14.7 Å². The van der Waals surface area contributed by atoms with Crippen LogP contribution in [0, 0.1) is 5.92 Å². The number of aliphatic carboxylic acids is 1. The van der Waals surface area contributed by atoms with Crippen LogP contribution in [0.3, 0.4) is 0 Å². The zero-order chi connectivity index (χ0) is 13.3. The van der Waals surface area contributed by atoms with Crippen molar-refractivity contribution in [2.45, 2.75) is 6.42 Å². The molecule has 6 heteroatoms. The van der Waals surface area contributed by atoms with Gasteiger partial charge in [0.15, 0.2) is 0 Å². The Bertz CT molecular complexity index is 528. The molecule has 2 N–H and O–H groups in total. The van der Waals surface area contributed by atoms with Crippen molar-refractivity contribution in [2.24, 2.45) is 5.92 Å². The molecule has 4 nitrogen and oxygen atoms in total. The summed E-state index contributed by atoms with van der Waals surface area (Å²) in [5.74, 6) is -1.28. The Morgan fingerprint density at radius 1 is 1.44 bits per heavy atom. The summed E-state index contributed by atoms with van der Waals surface area (Å²) in [7, 11) is 1.47. The van der Waals surface area contributed by atoms with E-state index in [1.807, 2.05) is 0 Å². The van der Waals surface area contributed by atoms with E-state index < -0.39 is 11.9 Å². The number of halogens is 2. The molecule has 1 aliphatic carbocycles. The van der Waals surface area contributed by atoms with Gasteiger partial charge in [0.2, 0.25) is 0 Å². The van der Waals surface area contributed by atoms with E-state index in [1.165, 1.54) is 7.11 Å². The summed E-state index contributed by atoms with van der Waals surface area (Å²) >= 11 is 11.8. The van der Waals surface area contributed by atoms with E-state index in [4.69, 9.17) is 33.1 Å². The molecule has 1 saturated carbocycles. The van der Waals surface area contributed by atoms with Gasteiger partial charge >= 0.3 is 5.97 Å². The number of nitrogens with one attached hydrogen (secondary N) is 1. The molecule has 96 valence electrons. The molecule has 0 heterocycles. The van der Waals surface area contributed by atoms with E-state index in [0.717, 1.165) is 11.1 Å². The first-order chi connectivity index (χ1) is 8.54. The topological polar surface area (TPSA) is 58.6 Å². The zero-order valence-electron chi connectivity index (χ0n) is 9.54. The minimum Gasteiger partial charge on any atom is -0.481 e. The van der Waals surface area contributed by atoms with E-state index >= 15 is 0 Å². The number of hydrogen-bond acceptors (Lipinski definition) is 3. The van der Waals surface area contributed by atoms with Gasteiger partial charge in [-0.1, -0.05) is 29.3 Å². The van der Waals surface area contributed by atoms with Crippen molar-refractivity contribution in [1.29, 1.82) is 0 Å². The van der Waals surface area contributed by atoms with Gasteiger partial charge in [-0.25, -0.2) is 0 Å². The van der Waals surface area contributed by atoms with E-state index in [9.17, 15) is 4.79 Å². The summed E-state index contributed by atoms with van der Waals surface area (Å²) in [6.45, 7) is 0. The molecule has 1 aromatic carbocycles. The smallest absolute Gasteiger partial charge is 0.311 e. The lowest BCUT2D eigenvalue weighted by molar-refractivity contribution is -0.138. The molecule has 0 aliphatic heterocycles. The number of hydrogen-bond donors (Lipinski definition) is 2. The Morgan fingerprint density at radius 2 is 2.17 bits per heavy atom. The first-order valence-corrected chi connectivity index (χ1v) is 6.00. The van der Waals surface area contributed by atoms with Gasteiger partial charge in [0.05, 0.1) is 28.8 Å². The van der Waals surface area contributed by atoms with Gasteiger partial charge < -0.3 is 5.11 Å². The van der Waals surface area contributed by atoms with Crippen molar-refractivity contribution in [3.8, 4) is 0 Å². The lowest BCUT2D eigenvalue weighted by Crippen LogP contribution is -2.11. The third-order valence-corrected chi connectivity index (χ3v) is 3.46. The first-order valence-electron chi connectivity index (χ1n) is 5.25. The molecule has 1 atom stereocenters. The quantitative estimate of drug-likeness (QED) is 0.836. The maximum Gasteiger partial charge on any atom is 0.311 e. The number of benzene rings is 1. The van der Waals surface area contributed by atoms with E-state index in [-0.39, 0.29) is 0 Å². The number of carbonyl (C=O) groups is 1. The van der Waals surface area contributed by atoms with Gasteiger partial charge in [-0.15, -0.1) is 0 Å². The third kappa shape index (κ3) is 2.61. The largest absolute Gasteiger partial charge is 0.481 e. The lowest BCUT2D eigenvalue weighted by atomic mass is 10.1. The fourth-order valence-corrected chi connectivity index (χ4v) is 2.04. The molecule has 0 radical (unpaired) electrons. The molecule has 0 amide bonds. The van der Waals surface area contributed by atoms with Crippen LogP contribution in [0.5, 0.6) is 0 Å². The summed E-state index contributed by atoms with van der Waals surface area (Å²) in [5, 5.41) is 9.80. The van der Waals surface area contributed by atoms with Crippen molar-refractivity contribution in [3.63, 3.8) is 0 Å². The molecular formula is C12H11Cl2NO3. The molecule has 1 aromatic rings. The second-order valence-corrected chi connectivity index (χ2v) is 4.74. The Kier molecular flexibility index (Phi) is 3.80. The highest BCUT2D eigenvalue weighted by Gasteiger charge is 2.40. The fraction of sp³-hybridized carbons (Fsp3) is 0.250. The van der Waals surface area contributed by atoms with Crippen LogP contribution in [-0.2, 0) is 9.63 Å². The standard InChI is InChI=1S/C12H11Cl2NO3/c1-18-15-11(7-5-8(7)12(16)17)6-2-3-9(13)10(14)4-6/h2-4,8,15H,5H2,1H3,(H,16,17)/t8-/m0/s1. The van der Waals surface area contributed by atoms with Gasteiger partial charge in [-0.2, -0.15) is 0 Å². The molecular weight excluding hydrogens is 277 g/mol. The van der Waals surface area contributed by atoms with Crippen LogP contribution in [0.1, 0.15) is 12.0 Å². The summed E-state index contributed by atoms with van der Waals surface area (Å²) in [6, 6.07) is 5.10. The molecule has 0 saturated heterocycles. The van der Waals surface area contributed by atoms with Crippen LogP contribution < -0.4 is 5.48 Å². The predicted octanol–water partition coefficient (Wildman–Crippen LogP) is 2.96. The SMILES string of the molecule is CONC(=C1C[C@@H]1C(=O)O)c1ccc(Cl)c(Cl)c1. The summed E-state index contributed by atoms with van der Waals surface area (Å²) < 4.78 is 0. The van der Waals surface area contributed by atoms with Crippen LogP contribution in [0.25, 0.3) is 5.70 Å². The average molecular weight is 288 g/mol. The molecule has 18 heavy (non-hydrogen) atoms. The second kappa shape index (κ2) is 5.18. The van der Waals surface area contributed by atoms with Crippen molar-refractivity contribution in [2.75, 3.05) is 7.11 Å². The van der Waals surface area contributed by atoms with Crippen LogP contribution >= 0.6 is 23.2 Å². The second-order valence-electron chi connectivity index (χ2n) is 3.93. The molecule has 1 aliphatic rings. The predicted molar refractivity (Wildman–Crippen MR) is 69.3 cm³/mol. The minimum absolute atomic E-state index is 0.415. The monoisotopic (exact) mass is 287 g/mol. The van der Waals surface area contributed by atoms with Gasteiger partial charge in [0, 0.05) is 5.56 Å². The molecule has 0 bridgehead atoms. The van der Waals surface area contributed by atoms with Gasteiger partial charge in [0.25, 0.3) is 0 Å². The van der Waals surface area contributed by atoms with Crippen molar-refractivity contribution in [1.82, 2.24) is 5.48 Å². The van der Waals surface area contributed by atoms with E-state index in [1.54, 1.807) is 18.2 Å². The maximum atomic E-state index is 10.9. The number of carboxylic acid groups (broad SMARTS) is 1. The highest BCUT2D eigenvalue weighted by atomic mass is 35.5. The molecule has 0 aromatic heterocycles. The summed E-state index contributed by atoms with van der Waals surface area (Å²) in [4.78, 5) is 15.8. The zero-order valence-corrected chi connectivity index (χ0v) is 11.0. The van der Waals surface area contributed by atoms with Crippen LogP contribution in [0.2, 0.25) is 10.0 Å². The van der Waals surface area contributed by atoms with Crippen LogP contribution in [0.4, 0.5) is 0 Å². The Balaban J connectivity index is 2.37. The van der Waals surface area contributed by atoms with E-state index in [2.05, 4.69) is 5.48 Å². The van der Waals surface area contributed by atoms with Crippen LogP contribution in [0.15, 0.2) is 23.8 Å². The average Bonchev–Trinajstić information content (AvgIpc) is 3.10. The normalized spacial score (nSPS) is 20.5. The maximum absolute atomic E-state index is 10.9. The summed E-state index contributed by atoms with van der Waals surface area (Å²) in [5.41, 5.74) is 4.90. The lowest BCUT2D eigenvalue weighted by Gasteiger charge is -2.09. The van der Waals surface area contributed by atoms with Gasteiger partial charge in [-0.3, -0.25) is 15.1 Å². The third-order valence-electron chi connectivity index (χ3n) is 2.72. The molecule has 2 rings (SSSR count). The molecule has 0 unspecified atom stereocenters. The first kappa shape index (κ1) is 13.2. The Hall–Kier alpha value is -1.23. The van der Waals surface area contributed by atoms with Gasteiger partial charge in [-0.05, 0) is 24.1 Å².